The molecule has 33 heavy (non-hydrogen) atoms. The highest BCUT2D eigenvalue weighted by Gasteiger charge is 2.44. The zero-order valence-corrected chi connectivity index (χ0v) is 20.0. The van der Waals surface area contributed by atoms with E-state index in [4.69, 9.17) is 0 Å². The van der Waals surface area contributed by atoms with Crippen LogP contribution in [-0.4, -0.2) is 61.5 Å². The first kappa shape index (κ1) is 24.2. The number of anilines is 2. The number of nitrogens with one attached hydrogen (secondary N) is 1. The van der Waals surface area contributed by atoms with Crippen LogP contribution in [0.3, 0.4) is 0 Å². The average Bonchev–Trinajstić information content (AvgIpc) is 3.15. The van der Waals surface area contributed by atoms with Gasteiger partial charge in [0.1, 0.15) is 22.4 Å². The highest BCUT2D eigenvalue weighted by molar-refractivity contribution is 7.85. The van der Waals surface area contributed by atoms with E-state index < -0.39 is 39.9 Å². The van der Waals surface area contributed by atoms with Crippen molar-refractivity contribution in [3.05, 3.63) is 29.5 Å². The summed E-state index contributed by atoms with van der Waals surface area (Å²) in [4.78, 5) is 11.9. The highest BCUT2D eigenvalue weighted by Crippen LogP contribution is 2.42. The molecule has 4 atom stereocenters. The number of halogens is 2. The molecule has 3 unspecified atom stereocenters. The zero-order valence-electron chi connectivity index (χ0n) is 19.2. The van der Waals surface area contributed by atoms with Gasteiger partial charge in [0.2, 0.25) is 5.95 Å². The molecule has 0 spiro atoms. The molecule has 0 bridgehead atoms. The number of fused-ring (bicyclic) bond motifs is 1. The van der Waals surface area contributed by atoms with E-state index in [2.05, 4.69) is 15.3 Å². The van der Waals surface area contributed by atoms with E-state index in [1.54, 1.807) is 6.92 Å². The molecular formula is C23H32F2N4O3S. The van der Waals surface area contributed by atoms with Gasteiger partial charge in [-0.15, -0.1) is 0 Å². The maximum absolute atomic E-state index is 14.1. The Bertz CT molecular complexity index is 992. The van der Waals surface area contributed by atoms with Crippen LogP contribution in [0.25, 0.3) is 0 Å². The minimum absolute atomic E-state index is 0.0795. The molecule has 3 heterocycles. The number of allylic oxidation sites excluding steroid dienone is 3. The van der Waals surface area contributed by atoms with E-state index in [-0.39, 0.29) is 18.6 Å². The molecule has 1 aromatic rings. The average molecular weight is 483 g/mol. The van der Waals surface area contributed by atoms with Gasteiger partial charge in [0.25, 0.3) is 0 Å². The topological polar surface area (TPSA) is 98.6 Å². The van der Waals surface area contributed by atoms with Crippen molar-refractivity contribution in [2.75, 3.05) is 35.7 Å². The molecule has 182 valence electrons. The summed E-state index contributed by atoms with van der Waals surface area (Å²) in [5.41, 5.74) is -0.488. The van der Waals surface area contributed by atoms with Gasteiger partial charge in [-0.05, 0) is 24.8 Å². The number of nitrogens with zero attached hydrogens (tertiary/aromatic N) is 3. The second-order valence-corrected chi connectivity index (χ2v) is 11.1. The third-order valence-electron chi connectivity index (χ3n) is 7.12. The lowest BCUT2D eigenvalue weighted by Gasteiger charge is -2.44. The van der Waals surface area contributed by atoms with Gasteiger partial charge in [-0.1, -0.05) is 20.8 Å². The molecule has 10 heteroatoms. The van der Waals surface area contributed by atoms with Gasteiger partial charge in [0.05, 0.1) is 34.7 Å². The monoisotopic (exact) mass is 482 g/mol. The van der Waals surface area contributed by atoms with Gasteiger partial charge in [0, 0.05) is 43.2 Å². The maximum Gasteiger partial charge on any atom is 0.227 e. The first-order valence-electron chi connectivity index (χ1n) is 11.5. The summed E-state index contributed by atoms with van der Waals surface area (Å²) in [6.45, 7) is 6.41. The normalized spacial score (nSPS) is 27.8. The van der Waals surface area contributed by atoms with E-state index in [0.717, 1.165) is 11.8 Å². The summed E-state index contributed by atoms with van der Waals surface area (Å²) in [7, 11) is -1.19. The molecule has 0 aromatic carbocycles. The minimum Gasteiger partial charge on any atom is -0.394 e. The Morgan fingerprint density at radius 2 is 2.00 bits per heavy atom. The van der Waals surface area contributed by atoms with Gasteiger partial charge in [-0.25, -0.2) is 13.8 Å². The first-order chi connectivity index (χ1) is 15.6. The molecule has 1 saturated heterocycles. The third-order valence-corrected chi connectivity index (χ3v) is 8.58. The van der Waals surface area contributed by atoms with Crippen molar-refractivity contribution >= 4 is 22.6 Å². The molecule has 4 rings (SSSR count). The highest BCUT2D eigenvalue weighted by atomic mass is 32.2. The number of hydrogen-bond donors (Lipinski definition) is 3. The van der Waals surface area contributed by atoms with Crippen molar-refractivity contribution in [1.82, 2.24) is 9.97 Å². The van der Waals surface area contributed by atoms with Crippen molar-refractivity contribution in [3.63, 3.8) is 0 Å². The maximum atomic E-state index is 14.1. The Morgan fingerprint density at radius 3 is 2.64 bits per heavy atom. The number of rotatable bonds is 6. The summed E-state index contributed by atoms with van der Waals surface area (Å²) >= 11 is 0. The first-order valence-corrected chi connectivity index (χ1v) is 12.8. The van der Waals surface area contributed by atoms with E-state index in [1.165, 1.54) is 6.08 Å². The number of aliphatic hydroxyl groups is 2. The van der Waals surface area contributed by atoms with Gasteiger partial charge >= 0.3 is 0 Å². The summed E-state index contributed by atoms with van der Waals surface area (Å²) in [5, 5.41) is 24.3. The summed E-state index contributed by atoms with van der Waals surface area (Å²) in [6, 6.07) is -0.238. The van der Waals surface area contributed by atoms with E-state index in [9.17, 15) is 23.2 Å². The Labute approximate surface area is 195 Å². The molecule has 0 saturated carbocycles. The quantitative estimate of drug-likeness (QED) is 0.574. The number of aliphatic hydroxyl groups excluding tert-OH is 1. The predicted molar refractivity (Wildman–Crippen MR) is 124 cm³/mol. The van der Waals surface area contributed by atoms with Crippen LogP contribution in [0.4, 0.5) is 20.5 Å². The predicted octanol–water partition coefficient (Wildman–Crippen LogP) is 2.87. The van der Waals surface area contributed by atoms with Gasteiger partial charge in [-0.2, -0.15) is 4.98 Å². The molecule has 0 amide bonds. The lowest BCUT2D eigenvalue weighted by atomic mass is 9.71. The van der Waals surface area contributed by atoms with Crippen LogP contribution >= 0.6 is 0 Å². The van der Waals surface area contributed by atoms with Gasteiger partial charge in [0.15, 0.2) is 0 Å². The standard InChI is InChI=1S/C23H32F2N4O3S/c1-13(2)19(12-30)26-21-20-18(4-9-33(20)32)27-22(28-21)29-7-5-23(31,6-8-29)16-10-15(24)11-17(25)14(16)3/h10-11,13-14,16,19,30-31H,4-9,12H2,1-3H3,(H,26,27,28)/t14?,16?,19-,33?/m0/s1. The van der Waals surface area contributed by atoms with Crippen LogP contribution in [0.2, 0.25) is 0 Å². The second kappa shape index (κ2) is 9.38. The van der Waals surface area contributed by atoms with Crippen LogP contribution in [0.1, 0.15) is 39.3 Å². The molecule has 3 N–H and O–H groups in total. The Morgan fingerprint density at radius 1 is 1.30 bits per heavy atom. The van der Waals surface area contributed by atoms with Crippen molar-refractivity contribution in [1.29, 1.82) is 0 Å². The van der Waals surface area contributed by atoms with Crippen molar-refractivity contribution < 1.29 is 23.2 Å². The summed E-state index contributed by atoms with van der Waals surface area (Å²) in [6.07, 6.45) is 3.44. The van der Waals surface area contributed by atoms with Crippen LogP contribution in [0.5, 0.6) is 0 Å². The smallest absolute Gasteiger partial charge is 0.227 e. The summed E-state index contributed by atoms with van der Waals surface area (Å²) < 4.78 is 40.6. The Hall–Kier alpha value is -1.91. The Balaban J connectivity index is 1.56. The largest absolute Gasteiger partial charge is 0.394 e. The molecule has 0 radical (unpaired) electrons. The van der Waals surface area contributed by atoms with Crippen molar-refractivity contribution in [3.8, 4) is 0 Å². The SMILES string of the molecule is CC1C(F)=CC(F)=CC1C1(O)CCN(c2nc3c(c(N[C@@H](CO)C(C)C)n2)S(=O)CC3)CC1. The molecule has 1 aromatic heterocycles. The van der Waals surface area contributed by atoms with Crippen LogP contribution in [-0.2, 0) is 17.2 Å². The fourth-order valence-corrected chi connectivity index (χ4v) is 6.18. The second-order valence-electron chi connectivity index (χ2n) is 9.61. The van der Waals surface area contributed by atoms with E-state index >= 15 is 0 Å². The van der Waals surface area contributed by atoms with Crippen molar-refractivity contribution in [2.45, 2.75) is 56.6 Å². The molecule has 1 aliphatic carbocycles. The van der Waals surface area contributed by atoms with Gasteiger partial charge in [-0.3, -0.25) is 4.21 Å². The fraction of sp³-hybridized carbons (Fsp3) is 0.652. The number of piperidine rings is 1. The number of aryl methyl sites for hydroxylation is 1. The lowest BCUT2D eigenvalue weighted by Crippen LogP contribution is -2.51. The number of aromatic nitrogens is 2. The molecule has 3 aliphatic rings. The summed E-state index contributed by atoms with van der Waals surface area (Å²) in [5.74, 6) is -0.838. The van der Waals surface area contributed by atoms with E-state index in [0.29, 0.717) is 54.8 Å². The Kier molecular flexibility index (Phi) is 6.89. The van der Waals surface area contributed by atoms with Crippen molar-refractivity contribution in [2.24, 2.45) is 17.8 Å². The minimum atomic E-state index is -1.22. The number of hydrogen-bond acceptors (Lipinski definition) is 7. The lowest BCUT2D eigenvalue weighted by molar-refractivity contribution is -0.0388. The third kappa shape index (κ3) is 4.70. The molecule has 1 fully saturated rings. The van der Waals surface area contributed by atoms with Crippen LogP contribution in [0.15, 0.2) is 28.7 Å². The molecule has 7 nitrogen and oxygen atoms in total. The van der Waals surface area contributed by atoms with E-state index in [1.807, 2.05) is 18.7 Å². The van der Waals surface area contributed by atoms with Crippen LogP contribution in [0, 0.1) is 17.8 Å². The molecule has 2 aliphatic heterocycles. The zero-order chi connectivity index (χ0) is 23.9. The van der Waals surface area contributed by atoms with Crippen LogP contribution < -0.4 is 10.2 Å². The fourth-order valence-electron chi connectivity index (χ4n) is 4.87. The molecular weight excluding hydrogens is 450 g/mol. The van der Waals surface area contributed by atoms with Gasteiger partial charge < -0.3 is 20.4 Å².